The van der Waals surface area contributed by atoms with Gasteiger partial charge in [-0.1, -0.05) is 36.4 Å². The molecule has 1 heterocycles. The minimum atomic E-state index is -0.451. The summed E-state index contributed by atoms with van der Waals surface area (Å²) in [6.07, 6.45) is 0. The molecule has 5 nitrogen and oxygen atoms in total. The number of hydrogen-bond acceptors (Lipinski definition) is 2. The third-order valence-electron chi connectivity index (χ3n) is 3.16. The van der Waals surface area contributed by atoms with Crippen LogP contribution in [0.25, 0.3) is 11.4 Å². The second-order valence-electron chi connectivity index (χ2n) is 4.49. The summed E-state index contributed by atoms with van der Waals surface area (Å²) in [5.41, 5.74) is 1.23. The molecule has 0 unspecified atom stereocenters. The molecule has 0 bridgehead atoms. The van der Waals surface area contributed by atoms with Crippen LogP contribution in [0.2, 0.25) is 0 Å². The fourth-order valence-electron chi connectivity index (χ4n) is 2.16. The summed E-state index contributed by atoms with van der Waals surface area (Å²) in [4.78, 5) is 24.5. The molecule has 1 aromatic heterocycles. The molecule has 0 saturated heterocycles. The number of benzene rings is 2. The zero-order valence-electron chi connectivity index (χ0n) is 10.9. The SMILES string of the molecule is Cc1ccccc1-n1c(=O)[nH]n(-c2ccccc2)c1=O. The third kappa shape index (κ3) is 1.89. The standard InChI is InChI=1S/C15H13N3O2/c1-11-7-5-6-10-13(11)17-14(19)16-18(15(17)20)12-8-3-2-4-9-12/h2-10H,1H3,(H,16,19). The van der Waals surface area contributed by atoms with Crippen molar-refractivity contribution < 1.29 is 0 Å². The van der Waals surface area contributed by atoms with E-state index in [4.69, 9.17) is 0 Å². The molecule has 0 aliphatic heterocycles. The Balaban J connectivity index is 2.26. The molecule has 0 aliphatic carbocycles. The number of para-hydroxylation sites is 2. The van der Waals surface area contributed by atoms with Crippen molar-refractivity contribution in [3.63, 3.8) is 0 Å². The van der Waals surface area contributed by atoms with Crippen LogP contribution in [0.3, 0.4) is 0 Å². The van der Waals surface area contributed by atoms with Crippen molar-refractivity contribution in [3.05, 3.63) is 81.1 Å². The molecule has 0 fully saturated rings. The van der Waals surface area contributed by atoms with Crippen molar-refractivity contribution in [1.82, 2.24) is 14.3 Å². The molecule has 0 saturated carbocycles. The van der Waals surface area contributed by atoms with Crippen LogP contribution in [0.4, 0.5) is 0 Å². The summed E-state index contributed by atoms with van der Waals surface area (Å²) in [7, 11) is 0. The number of hydrogen-bond donors (Lipinski definition) is 1. The first kappa shape index (κ1) is 12.2. The van der Waals surface area contributed by atoms with Crippen LogP contribution in [0.1, 0.15) is 5.56 Å². The van der Waals surface area contributed by atoms with E-state index in [1.54, 1.807) is 24.3 Å². The molecular formula is C15H13N3O2. The highest BCUT2D eigenvalue weighted by molar-refractivity contribution is 5.40. The number of aromatic nitrogens is 3. The predicted octanol–water partition coefficient (Wildman–Crippen LogP) is 1.62. The van der Waals surface area contributed by atoms with E-state index < -0.39 is 11.4 Å². The lowest BCUT2D eigenvalue weighted by Crippen LogP contribution is -2.27. The molecular weight excluding hydrogens is 254 g/mol. The van der Waals surface area contributed by atoms with Gasteiger partial charge in [-0.25, -0.2) is 23.9 Å². The Morgan fingerprint density at radius 3 is 2.25 bits per heavy atom. The van der Waals surface area contributed by atoms with Gasteiger partial charge in [-0.2, -0.15) is 0 Å². The lowest BCUT2D eigenvalue weighted by atomic mass is 10.2. The highest BCUT2D eigenvalue weighted by atomic mass is 16.2. The molecule has 0 aliphatic rings. The Bertz CT molecular complexity index is 857. The molecule has 0 atom stereocenters. The van der Waals surface area contributed by atoms with Gasteiger partial charge >= 0.3 is 11.4 Å². The Labute approximate surface area is 114 Å². The van der Waals surface area contributed by atoms with E-state index in [0.29, 0.717) is 11.4 Å². The topological polar surface area (TPSA) is 59.8 Å². The molecule has 1 N–H and O–H groups in total. The zero-order valence-corrected chi connectivity index (χ0v) is 10.9. The predicted molar refractivity (Wildman–Crippen MR) is 76.7 cm³/mol. The van der Waals surface area contributed by atoms with Crippen LogP contribution in [-0.4, -0.2) is 14.3 Å². The van der Waals surface area contributed by atoms with E-state index in [9.17, 15) is 9.59 Å². The van der Waals surface area contributed by atoms with Crippen molar-refractivity contribution in [1.29, 1.82) is 0 Å². The molecule has 3 aromatic rings. The highest BCUT2D eigenvalue weighted by Gasteiger charge is 2.13. The first-order valence-corrected chi connectivity index (χ1v) is 6.24. The molecule has 0 radical (unpaired) electrons. The fourth-order valence-corrected chi connectivity index (χ4v) is 2.16. The molecule has 20 heavy (non-hydrogen) atoms. The van der Waals surface area contributed by atoms with Gasteiger partial charge in [0.25, 0.3) is 0 Å². The van der Waals surface area contributed by atoms with Crippen LogP contribution in [-0.2, 0) is 0 Å². The lowest BCUT2D eigenvalue weighted by molar-refractivity contribution is 0.826. The summed E-state index contributed by atoms with van der Waals surface area (Å²) < 4.78 is 2.39. The van der Waals surface area contributed by atoms with Crippen molar-refractivity contribution >= 4 is 0 Å². The van der Waals surface area contributed by atoms with E-state index in [1.807, 2.05) is 37.3 Å². The van der Waals surface area contributed by atoms with Crippen molar-refractivity contribution in [2.75, 3.05) is 0 Å². The third-order valence-corrected chi connectivity index (χ3v) is 3.16. The van der Waals surface area contributed by atoms with Gasteiger partial charge in [0.2, 0.25) is 0 Å². The smallest absolute Gasteiger partial charge is 0.246 e. The molecule has 5 heteroatoms. The maximum Gasteiger partial charge on any atom is 0.356 e. The Kier molecular flexibility index (Phi) is 2.87. The Hall–Kier alpha value is -2.82. The number of H-pyrrole nitrogens is 1. The first-order valence-electron chi connectivity index (χ1n) is 6.24. The lowest BCUT2D eigenvalue weighted by Gasteiger charge is -2.03. The summed E-state index contributed by atoms with van der Waals surface area (Å²) in [6, 6.07) is 16.3. The second-order valence-corrected chi connectivity index (χ2v) is 4.49. The molecule has 2 aromatic carbocycles. The van der Waals surface area contributed by atoms with Gasteiger partial charge in [-0.05, 0) is 30.7 Å². The van der Waals surface area contributed by atoms with Crippen LogP contribution >= 0.6 is 0 Å². The summed E-state index contributed by atoms with van der Waals surface area (Å²) in [5, 5.41) is 2.57. The van der Waals surface area contributed by atoms with Crippen LogP contribution in [0, 0.1) is 6.92 Å². The van der Waals surface area contributed by atoms with E-state index >= 15 is 0 Å². The van der Waals surface area contributed by atoms with Gasteiger partial charge in [0.1, 0.15) is 0 Å². The van der Waals surface area contributed by atoms with Gasteiger partial charge in [0.15, 0.2) is 0 Å². The summed E-state index contributed by atoms with van der Waals surface area (Å²) in [5.74, 6) is 0. The van der Waals surface area contributed by atoms with Crippen LogP contribution in [0.5, 0.6) is 0 Å². The molecule has 100 valence electrons. The average Bonchev–Trinajstić information content (AvgIpc) is 2.76. The molecule has 3 rings (SSSR count). The zero-order chi connectivity index (χ0) is 14.1. The average molecular weight is 267 g/mol. The monoisotopic (exact) mass is 267 g/mol. The van der Waals surface area contributed by atoms with Crippen molar-refractivity contribution in [2.24, 2.45) is 0 Å². The van der Waals surface area contributed by atoms with E-state index in [0.717, 1.165) is 10.1 Å². The minimum absolute atomic E-state index is 0.407. The maximum absolute atomic E-state index is 12.4. The number of nitrogens with zero attached hydrogens (tertiary/aromatic N) is 2. The minimum Gasteiger partial charge on any atom is -0.246 e. The van der Waals surface area contributed by atoms with Gasteiger partial charge < -0.3 is 0 Å². The van der Waals surface area contributed by atoms with Crippen LogP contribution < -0.4 is 11.4 Å². The quantitative estimate of drug-likeness (QED) is 0.767. The number of aryl methyl sites for hydroxylation is 1. The largest absolute Gasteiger partial charge is 0.356 e. The molecule has 0 amide bonds. The van der Waals surface area contributed by atoms with Gasteiger partial charge in [0, 0.05) is 0 Å². The molecule has 0 spiro atoms. The highest BCUT2D eigenvalue weighted by Crippen LogP contribution is 2.09. The number of nitrogens with one attached hydrogen (secondary N) is 1. The Morgan fingerprint density at radius 2 is 1.55 bits per heavy atom. The second kappa shape index (κ2) is 4.70. The normalized spacial score (nSPS) is 10.7. The number of rotatable bonds is 2. The Morgan fingerprint density at radius 1 is 0.900 bits per heavy atom. The summed E-state index contributed by atoms with van der Waals surface area (Å²) in [6.45, 7) is 1.86. The fraction of sp³-hybridized carbons (Fsp3) is 0.0667. The summed E-state index contributed by atoms with van der Waals surface area (Å²) >= 11 is 0. The number of aromatic amines is 1. The van der Waals surface area contributed by atoms with E-state index in [2.05, 4.69) is 5.10 Å². The van der Waals surface area contributed by atoms with E-state index in [-0.39, 0.29) is 0 Å². The van der Waals surface area contributed by atoms with Gasteiger partial charge in [0.05, 0.1) is 11.4 Å². The van der Waals surface area contributed by atoms with Crippen molar-refractivity contribution in [2.45, 2.75) is 6.92 Å². The maximum atomic E-state index is 12.4. The van der Waals surface area contributed by atoms with Gasteiger partial charge in [-0.3, -0.25) is 0 Å². The van der Waals surface area contributed by atoms with Crippen molar-refractivity contribution in [3.8, 4) is 11.4 Å². The van der Waals surface area contributed by atoms with E-state index in [1.165, 1.54) is 4.68 Å². The van der Waals surface area contributed by atoms with Gasteiger partial charge in [-0.15, -0.1) is 0 Å². The first-order chi connectivity index (χ1) is 9.68. The van der Waals surface area contributed by atoms with Crippen LogP contribution in [0.15, 0.2) is 64.2 Å².